The first-order valence-electron chi connectivity index (χ1n) is 11.1. The van der Waals surface area contributed by atoms with Crippen LogP contribution in [0.1, 0.15) is 27.2 Å². The summed E-state index contributed by atoms with van der Waals surface area (Å²) in [6, 6.07) is 9.67. The van der Waals surface area contributed by atoms with E-state index in [2.05, 4.69) is 41.3 Å². The number of carbonyl (C=O) groups is 1. The highest BCUT2D eigenvalue weighted by atomic mass is 79.9. The highest BCUT2D eigenvalue weighted by Crippen LogP contribution is 2.38. The number of para-hydroxylation sites is 1. The maximum atomic E-state index is 13.2. The zero-order valence-corrected chi connectivity index (χ0v) is 20.9. The molecule has 0 fully saturated rings. The number of H-pyrrole nitrogens is 1. The number of pyridine rings is 1. The topological polar surface area (TPSA) is 105 Å². The number of carbonyl (C=O) groups excluding carboxylic acids is 1. The summed E-state index contributed by atoms with van der Waals surface area (Å²) in [7, 11) is 1.89. The van der Waals surface area contributed by atoms with Crippen molar-refractivity contribution in [1.29, 1.82) is 0 Å². The third-order valence-electron chi connectivity index (χ3n) is 6.36. The predicted octanol–water partition coefficient (Wildman–Crippen LogP) is 5.04. The first-order valence-corrected chi connectivity index (χ1v) is 11.9. The molecule has 6 rings (SSSR count). The average Bonchev–Trinajstić information content (AvgIpc) is 3.51. The van der Waals surface area contributed by atoms with Crippen molar-refractivity contribution in [3.8, 4) is 11.3 Å². The highest BCUT2D eigenvalue weighted by molar-refractivity contribution is 9.10. The molecule has 174 valence electrons. The number of benzene rings is 1. The van der Waals surface area contributed by atoms with Gasteiger partial charge in [0.1, 0.15) is 4.60 Å². The van der Waals surface area contributed by atoms with Crippen LogP contribution in [-0.2, 0) is 13.6 Å². The van der Waals surface area contributed by atoms with Crippen LogP contribution in [0.5, 0.6) is 0 Å². The van der Waals surface area contributed by atoms with Crippen molar-refractivity contribution in [2.45, 2.75) is 20.4 Å². The summed E-state index contributed by atoms with van der Waals surface area (Å²) in [6.45, 7) is 4.43. The minimum absolute atomic E-state index is 0.0397. The summed E-state index contributed by atoms with van der Waals surface area (Å²) < 4.78 is 2.50. The molecule has 0 aliphatic carbocycles. The standard InChI is InChI=1S/C25H21BrN8O/c1-13-10-29-25(30-20-9-14(2)33(3)32-20)31-21(13)17-11-28-22-15(17)5-4-6-19(22)34-12-18-16(24(34)35)7-8-27-23(18)26/h4-11,28H,12H2,1-3H3,(H,29,30,31,32). The normalized spacial score (nSPS) is 13.0. The van der Waals surface area contributed by atoms with Crippen molar-refractivity contribution >= 4 is 50.2 Å². The van der Waals surface area contributed by atoms with Crippen LogP contribution in [0, 0.1) is 13.8 Å². The number of rotatable bonds is 4. The van der Waals surface area contributed by atoms with Gasteiger partial charge in [-0.25, -0.2) is 15.0 Å². The van der Waals surface area contributed by atoms with Crippen LogP contribution < -0.4 is 10.2 Å². The van der Waals surface area contributed by atoms with Crippen LogP contribution in [0.15, 0.2) is 53.5 Å². The lowest BCUT2D eigenvalue weighted by atomic mass is 10.1. The van der Waals surface area contributed by atoms with Crippen LogP contribution in [-0.4, -0.2) is 35.6 Å². The number of fused-ring (bicyclic) bond motifs is 2. The summed E-state index contributed by atoms with van der Waals surface area (Å²) in [5.41, 5.74) is 6.98. The largest absolute Gasteiger partial charge is 0.359 e. The number of hydrogen-bond acceptors (Lipinski definition) is 6. The molecule has 5 heterocycles. The first-order chi connectivity index (χ1) is 16.9. The molecule has 0 radical (unpaired) electrons. The van der Waals surface area contributed by atoms with Crippen LogP contribution in [0.3, 0.4) is 0 Å². The summed E-state index contributed by atoms with van der Waals surface area (Å²) >= 11 is 3.48. The van der Waals surface area contributed by atoms with Gasteiger partial charge in [-0.05, 0) is 47.5 Å². The van der Waals surface area contributed by atoms with E-state index < -0.39 is 0 Å². The number of aryl methyl sites for hydroxylation is 3. The zero-order chi connectivity index (χ0) is 24.3. The molecule has 1 aliphatic heterocycles. The summed E-state index contributed by atoms with van der Waals surface area (Å²) in [5, 5.41) is 8.60. The number of hydrogen-bond donors (Lipinski definition) is 2. The number of nitrogens with one attached hydrogen (secondary N) is 2. The van der Waals surface area contributed by atoms with E-state index in [0.29, 0.717) is 28.5 Å². The fourth-order valence-corrected chi connectivity index (χ4v) is 4.92. The Hall–Kier alpha value is -4.05. The number of aromatic amines is 1. The van der Waals surface area contributed by atoms with Gasteiger partial charge in [0.25, 0.3) is 5.91 Å². The molecule has 9 nitrogen and oxygen atoms in total. The Morgan fingerprint density at radius 3 is 2.77 bits per heavy atom. The van der Waals surface area contributed by atoms with Crippen LogP contribution in [0.25, 0.3) is 22.2 Å². The van der Waals surface area contributed by atoms with Gasteiger partial charge < -0.3 is 15.2 Å². The lowest BCUT2D eigenvalue weighted by Crippen LogP contribution is -2.23. The maximum Gasteiger partial charge on any atom is 0.259 e. The van der Waals surface area contributed by atoms with E-state index >= 15 is 0 Å². The molecule has 2 N–H and O–H groups in total. The van der Waals surface area contributed by atoms with Gasteiger partial charge in [-0.1, -0.05) is 12.1 Å². The maximum absolute atomic E-state index is 13.2. The van der Waals surface area contributed by atoms with Crippen molar-refractivity contribution in [2.24, 2.45) is 7.05 Å². The smallest absolute Gasteiger partial charge is 0.259 e. The van der Waals surface area contributed by atoms with Gasteiger partial charge in [-0.2, -0.15) is 5.10 Å². The van der Waals surface area contributed by atoms with E-state index in [9.17, 15) is 4.79 Å². The van der Waals surface area contributed by atoms with Gasteiger partial charge >= 0.3 is 0 Å². The second-order valence-corrected chi connectivity index (χ2v) is 9.32. The van der Waals surface area contributed by atoms with Crippen molar-refractivity contribution in [2.75, 3.05) is 10.2 Å². The van der Waals surface area contributed by atoms with Crippen LogP contribution >= 0.6 is 15.9 Å². The molecule has 0 atom stereocenters. The van der Waals surface area contributed by atoms with Crippen molar-refractivity contribution in [1.82, 2.24) is 29.7 Å². The van der Waals surface area contributed by atoms with E-state index in [1.54, 1.807) is 28.0 Å². The molecule has 4 aromatic heterocycles. The minimum Gasteiger partial charge on any atom is -0.359 e. The second-order valence-electron chi connectivity index (χ2n) is 8.57. The van der Waals surface area contributed by atoms with E-state index in [0.717, 1.165) is 44.7 Å². The zero-order valence-electron chi connectivity index (χ0n) is 19.3. The molecule has 10 heteroatoms. The Morgan fingerprint density at radius 1 is 1.14 bits per heavy atom. The van der Waals surface area contributed by atoms with Crippen molar-refractivity contribution < 1.29 is 4.79 Å². The van der Waals surface area contributed by atoms with Gasteiger partial charge in [0.2, 0.25) is 5.95 Å². The summed E-state index contributed by atoms with van der Waals surface area (Å²) in [5.74, 6) is 1.12. The van der Waals surface area contributed by atoms with E-state index in [1.807, 2.05) is 51.4 Å². The molecular formula is C25H21BrN8O. The minimum atomic E-state index is -0.0397. The number of halogens is 1. The van der Waals surface area contributed by atoms with Gasteiger partial charge in [-0.3, -0.25) is 9.48 Å². The fourth-order valence-electron chi connectivity index (χ4n) is 4.46. The molecule has 0 saturated heterocycles. The van der Waals surface area contributed by atoms with E-state index in [4.69, 9.17) is 4.98 Å². The third-order valence-corrected chi connectivity index (χ3v) is 7.04. The quantitative estimate of drug-likeness (QED) is 0.316. The molecular weight excluding hydrogens is 508 g/mol. The number of amides is 1. The molecule has 1 amide bonds. The Kier molecular flexibility index (Phi) is 4.92. The molecule has 35 heavy (non-hydrogen) atoms. The van der Waals surface area contributed by atoms with Gasteiger partial charge in [0, 0.05) is 59.5 Å². The SMILES string of the molecule is Cc1cnc(Nc2cc(C)n(C)n2)nc1-c1c[nH]c2c(N3Cc4c(ccnc4Br)C3=O)cccc12. The van der Waals surface area contributed by atoms with Gasteiger partial charge in [-0.15, -0.1) is 0 Å². The average molecular weight is 529 g/mol. The Balaban J connectivity index is 1.40. The van der Waals surface area contributed by atoms with Gasteiger partial charge in [0.05, 0.1) is 23.4 Å². The summed E-state index contributed by atoms with van der Waals surface area (Å²) in [4.78, 5) is 31.9. The van der Waals surface area contributed by atoms with Crippen molar-refractivity contribution in [3.63, 3.8) is 0 Å². The van der Waals surface area contributed by atoms with E-state index in [-0.39, 0.29) is 5.91 Å². The fraction of sp³-hybridized carbons (Fsp3) is 0.160. The lowest BCUT2D eigenvalue weighted by molar-refractivity contribution is 0.0997. The number of aromatic nitrogens is 6. The van der Waals surface area contributed by atoms with E-state index in [1.165, 1.54) is 0 Å². The predicted molar refractivity (Wildman–Crippen MR) is 138 cm³/mol. The second kappa shape index (κ2) is 8.02. The lowest BCUT2D eigenvalue weighted by Gasteiger charge is -2.17. The van der Waals surface area contributed by atoms with Crippen molar-refractivity contribution in [3.05, 3.63) is 75.9 Å². The molecule has 1 aliphatic rings. The Morgan fingerprint density at radius 2 is 2.00 bits per heavy atom. The van der Waals surface area contributed by atoms with Crippen LogP contribution in [0.2, 0.25) is 0 Å². The molecule has 1 aromatic carbocycles. The molecule has 0 unspecified atom stereocenters. The third kappa shape index (κ3) is 3.48. The molecule has 5 aromatic rings. The Bertz CT molecular complexity index is 1620. The molecule has 0 bridgehead atoms. The molecule has 0 saturated carbocycles. The summed E-state index contributed by atoms with van der Waals surface area (Å²) in [6.07, 6.45) is 5.38. The Labute approximate surface area is 209 Å². The van der Waals surface area contributed by atoms with Crippen LogP contribution in [0.4, 0.5) is 17.5 Å². The highest BCUT2D eigenvalue weighted by Gasteiger charge is 2.32. The monoisotopic (exact) mass is 528 g/mol. The number of nitrogens with zero attached hydrogens (tertiary/aromatic N) is 6. The van der Waals surface area contributed by atoms with Gasteiger partial charge in [0.15, 0.2) is 5.82 Å². The first kappa shape index (κ1) is 21.5. The number of anilines is 3. The molecule has 0 spiro atoms.